The molecule has 2 aromatic carbocycles. The molecule has 0 heterocycles. The van der Waals surface area contributed by atoms with E-state index in [1.54, 1.807) is 0 Å². The first-order chi connectivity index (χ1) is 12.7. The normalized spacial score (nSPS) is 16.2. The molecule has 2 amide bonds. The van der Waals surface area contributed by atoms with E-state index < -0.39 is 12.6 Å². The third-order valence-electron chi connectivity index (χ3n) is 4.96. The first-order valence-electron chi connectivity index (χ1n) is 9.34. The standard InChI is InChI=1S/C21H26N2O3/c24-14-19(21(26)22-18-8-2-1-3-9-18)23-20(25)13-15-10-11-16-6-4-5-7-17(16)12-15/h4-7,10-12,18-19,24H,1-3,8-9,13-14H2,(H,22,26)(H,23,25). The monoisotopic (exact) mass is 354 g/mol. The van der Waals surface area contributed by atoms with Crippen molar-refractivity contribution in [2.45, 2.75) is 50.6 Å². The highest BCUT2D eigenvalue weighted by atomic mass is 16.3. The molecule has 1 unspecified atom stereocenters. The molecule has 5 heteroatoms. The van der Waals surface area contributed by atoms with E-state index in [1.807, 2.05) is 42.5 Å². The van der Waals surface area contributed by atoms with Crippen molar-refractivity contribution in [2.75, 3.05) is 6.61 Å². The summed E-state index contributed by atoms with van der Waals surface area (Å²) < 4.78 is 0. The van der Waals surface area contributed by atoms with Gasteiger partial charge in [-0.1, -0.05) is 61.7 Å². The zero-order valence-corrected chi connectivity index (χ0v) is 14.9. The number of hydrogen-bond acceptors (Lipinski definition) is 3. The maximum atomic E-state index is 12.3. The quantitative estimate of drug-likeness (QED) is 0.745. The molecule has 0 bridgehead atoms. The Morgan fingerprint density at radius 1 is 1.04 bits per heavy atom. The van der Waals surface area contributed by atoms with E-state index >= 15 is 0 Å². The fraction of sp³-hybridized carbons (Fsp3) is 0.429. The zero-order valence-electron chi connectivity index (χ0n) is 14.9. The predicted molar refractivity (Wildman–Crippen MR) is 102 cm³/mol. The predicted octanol–water partition coefficient (Wildman–Crippen LogP) is 2.31. The van der Waals surface area contributed by atoms with E-state index in [0.29, 0.717) is 0 Å². The topological polar surface area (TPSA) is 78.4 Å². The number of nitrogens with one attached hydrogen (secondary N) is 2. The SMILES string of the molecule is O=C(Cc1ccc2ccccc2c1)NC(CO)C(=O)NC1CCCCC1. The van der Waals surface area contributed by atoms with Crippen molar-refractivity contribution in [2.24, 2.45) is 0 Å². The molecule has 0 aromatic heterocycles. The van der Waals surface area contributed by atoms with Gasteiger partial charge in [0.15, 0.2) is 0 Å². The van der Waals surface area contributed by atoms with E-state index in [4.69, 9.17) is 0 Å². The van der Waals surface area contributed by atoms with Gasteiger partial charge in [-0.3, -0.25) is 9.59 Å². The van der Waals surface area contributed by atoms with E-state index in [9.17, 15) is 14.7 Å². The Kier molecular flexibility index (Phi) is 6.23. The van der Waals surface area contributed by atoms with Crippen LogP contribution in [-0.4, -0.2) is 35.6 Å². The van der Waals surface area contributed by atoms with Gasteiger partial charge in [-0.15, -0.1) is 0 Å². The van der Waals surface area contributed by atoms with Crippen molar-refractivity contribution in [1.29, 1.82) is 0 Å². The smallest absolute Gasteiger partial charge is 0.245 e. The van der Waals surface area contributed by atoms with E-state index in [0.717, 1.165) is 42.0 Å². The fourth-order valence-corrected chi connectivity index (χ4v) is 3.52. The van der Waals surface area contributed by atoms with Gasteiger partial charge < -0.3 is 15.7 Å². The number of benzene rings is 2. The summed E-state index contributed by atoms with van der Waals surface area (Å²) in [7, 11) is 0. The maximum Gasteiger partial charge on any atom is 0.245 e. The Hall–Kier alpha value is -2.40. The van der Waals surface area contributed by atoms with E-state index in [-0.39, 0.29) is 24.3 Å². The molecule has 1 saturated carbocycles. The zero-order chi connectivity index (χ0) is 18.4. The fourth-order valence-electron chi connectivity index (χ4n) is 3.52. The lowest BCUT2D eigenvalue weighted by molar-refractivity contribution is -0.130. The average molecular weight is 354 g/mol. The molecule has 0 radical (unpaired) electrons. The van der Waals surface area contributed by atoms with Gasteiger partial charge >= 0.3 is 0 Å². The van der Waals surface area contributed by atoms with Gasteiger partial charge in [0.1, 0.15) is 6.04 Å². The summed E-state index contributed by atoms with van der Waals surface area (Å²) in [6.45, 7) is -0.401. The number of rotatable bonds is 6. The van der Waals surface area contributed by atoms with Crippen LogP contribution in [-0.2, 0) is 16.0 Å². The van der Waals surface area contributed by atoms with Crippen LogP contribution in [0.25, 0.3) is 10.8 Å². The molecular weight excluding hydrogens is 328 g/mol. The Balaban J connectivity index is 1.56. The third-order valence-corrected chi connectivity index (χ3v) is 4.96. The van der Waals surface area contributed by atoms with Crippen LogP contribution in [0.3, 0.4) is 0 Å². The number of fused-ring (bicyclic) bond motifs is 1. The second-order valence-electron chi connectivity index (χ2n) is 7.00. The van der Waals surface area contributed by atoms with Crippen LogP contribution in [0.1, 0.15) is 37.7 Å². The molecule has 0 aliphatic heterocycles. The van der Waals surface area contributed by atoms with Crippen molar-refractivity contribution in [3.05, 3.63) is 48.0 Å². The molecule has 1 aliphatic carbocycles. The number of carbonyl (C=O) groups excluding carboxylic acids is 2. The Bertz CT molecular complexity index is 769. The van der Waals surface area contributed by atoms with Gasteiger partial charge in [-0.2, -0.15) is 0 Å². The Morgan fingerprint density at radius 2 is 1.77 bits per heavy atom. The molecule has 5 nitrogen and oxygen atoms in total. The van der Waals surface area contributed by atoms with Crippen molar-refractivity contribution in [3.8, 4) is 0 Å². The summed E-state index contributed by atoms with van der Waals surface area (Å²) in [4.78, 5) is 24.6. The maximum absolute atomic E-state index is 12.3. The molecule has 1 fully saturated rings. The highest BCUT2D eigenvalue weighted by Gasteiger charge is 2.23. The van der Waals surface area contributed by atoms with E-state index in [1.165, 1.54) is 6.42 Å². The highest BCUT2D eigenvalue weighted by Crippen LogP contribution is 2.18. The highest BCUT2D eigenvalue weighted by molar-refractivity contribution is 5.89. The van der Waals surface area contributed by atoms with Crippen LogP contribution in [0, 0.1) is 0 Å². The summed E-state index contributed by atoms with van der Waals surface area (Å²) in [6, 6.07) is 13.1. The van der Waals surface area contributed by atoms with Crippen molar-refractivity contribution in [1.82, 2.24) is 10.6 Å². The second kappa shape index (κ2) is 8.81. The number of aliphatic hydroxyl groups is 1. The number of aliphatic hydroxyl groups excluding tert-OH is 1. The summed E-state index contributed by atoms with van der Waals surface area (Å²) in [5, 5.41) is 17.3. The largest absolute Gasteiger partial charge is 0.394 e. The van der Waals surface area contributed by atoms with Crippen molar-refractivity contribution < 1.29 is 14.7 Å². The van der Waals surface area contributed by atoms with Gasteiger partial charge in [0.25, 0.3) is 0 Å². The summed E-state index contributed by atoms with van der Waals surface area (Å²) in [5.41, 5.74) is 0.880. The molecule has 0 saturated heterocycles. The lowest BCUT2D eigenvalue weighted by atomic mass is 9.95. The van der Waals surface area contributed by atoms with Gasteiger partial charge in [-0.25, -0.2) is 0 Å². The molecule has 2 aromatic rings. The Labute approximate surface area is 153 Å². The van der Waals surface area contributed by atoms with E-state index in [2.05, 4.69) is 10.6 Å². The molecule has 1 aliphatic rings. The Morgan fingerprint density at radius 3 is 2.50 bits per heavy atom. The van der Waals surface area contributed by atoms with Crippen molar-refractivity contribution >= 4 is 22.6 Å². The molecular formula is C21H26N2O3. The molecule has 3 rings (SSSR count). The van der Waals surface area contributed by atoms with Gasteiger partial charge in [0, 0.05) is 6.04 Å². The first kappa shape index (κ1) is 18.4. The van der Waals surface area contributed by atoms with Crippen LogP contribution in [0.5, 0.6) is 0 Å². The van der Waals surface area contributed by atoms with Gasteiger partial charge in [0.2, 0.25) is 11.8 Å². The molecule has 138 valence electrons. The average Bonchev–Trinajstić information content (AvgIpc) is 2.66. The number of amides is 2. The van der Waals surface area contributed by atoms with Crippen LogP contribution >= 0.6 is 0 Å². The minimum atomic E-state index is -0.898. The van der Waals surface area contributed by atoms with Crippen LogP contribution < -0.4 is 10.6 Å². The summed E-state index contributed by atoms with van der Waals surface area (Å²) in [6.07, 6.45) is 5.55. The molecule has 1 atom stereocenters. The lowest BCUT2D eigenvalue weighted by Crippen LogP contribution is -2.52. The van der Waals surface area contributed by atoms with Crippen molar-refractivity contribution in [3.63, 3.8) is 0 Å². The number of hydrogen-bond donors (Lipinski definition) is 3. The summed E-state index contributed by atoms with van der Waals surface area (Å²) >= 11 is 0. The van der Waals surface area contributed by atoms with Gasteiger partial charge in [0.05, 0.1) is 13.0 Å². The lowest BCUT2D eigenvalue weighted by Gasteiger charge is -2.25. The minimum Gasteiger partial charge on any atom is -0.394 e. The van der Waals surface area contributed by atoms with Crippen LogP contribution in [0.2, 0.25) is 0 Å². The number of carbonyl (C=O) groups is 2. The summed E-state index contributed by atoms with van der Waals surface area (Å²) in [5.74, 6) is -0.565. The third kappa shape index (κ3) is 4.82. The molecule has 0 spiro atoms. The molecule has 26 heavy (non-hydrogen) atoms. The van der Waals surface area contributed by atoms with Gasteiger partial charge in [-0.05, 0) is 29.2 Å². The van der Waals surface area contributed by atoms with Crippen LogP contribution in [0.15, 0.2) is 42.5 Å². The molecule has 3 N–H and O–H groups in total. The second-order valence-corrected chi connectivity index (χ2v) is 7.00. The minimum absolute atomic E-state index is 0.155. The first-order valence-corrected chi connectivity index (χ1v) is 9.34. The van der Waals surface area contributed by atoms with Crippen LogP contribution in [0.4, 0.5) is 0 Å².